The van der Waals surface area contributed by atoms with Crippen molar-refractivity contribution in [1.82, 2.24) is 5.32 Å². The lowest BCUT2D eigenvalue weighted by atomic mass is 10.1. The number of rotatable bonds is 8. The quantitative estimate of drug-likeness (QED) is 0.733. The SMILES string of the molecule is CCC(C(=O)NCc1ccccc1OC)N(c1cc(C)cc(C)c1)S(C)(=O)=O. The molecule has 152 valence electrons. The first-order valence-corrected chi connectivity index (χ1v) is 11.0. The van der Waals surface area contributed by atoms with Crippen LogP contribution < -0.4 is 14.4 Å². The minimum absolute atomic E-state index is 0.254. The zero-order chi connectivity index (χ0) is 20.9. The Morgan fingerprint density at radius 2 is 1.75 bits per heavy atom. The smallest absolute Gasteiger partial charge is 0.244 e. The van der Waals surface area contributed by atoms with Crippen molar-refractivity contribution in [3.05, 3.63) is 59.2 Å². The molecule has 0 aliphatic heterocycles. The van der Waals surface area contributed by atoms with Gasteiger partial charge in [-0.1, -0.05) is 31.2 Å². The summed E-state index contributed by atoms with van der Waals surface area (Å²) in [4.78, 5) is 12.9. The Kier molecular flexibility index (Phi) is 7.07. The minimum Gasteiger partial charge on any atom is -0.496 e. The molecule has 6 nitrogen and oxygen atoms in total. The molecule has 0 saturated carbocycles. The molecular weight excluding hydrogens is 376 g/mol. The zero-order valence-corrected chi connectivity index (χ0v) is 17.8. The average Bonchev–Trinajstić information content (AvgIpc) is 2.62. The van der Waals surface area contributed by atoms with Crippen LogP contribution in [-0.2, 0) is 21.4 Å². The molecule has 2 rings (SSSR count). The summed E-state index contributed by atoms with van der Waals surface area (Å²) >= 11 is 0. The van der Waals surface area contributed by atoms with Crippen LogP contribution >= 0.6 is 0 Å². The van der Waals surface area contributed by atoms with Gasteiger partial charge in [0.2, 0.25) is 15.9 Å². The predicted molar refractivity (Wildman–Crippen MR) is 112 cm³/mol. The molecule has 2 aromatic carbocycles. The predicted octanol–water partition coefficient (Wildman–Crippen LogP) is 3.17. The molecule has 0 aliphatic carbocycles. The maximum atomic E-state index is 12.9. The average molecular weight is 405 g/mol. The van der Waals surface area contributed by atoms with E-state index in [2.05, 4.69) is 5.32 Å². The van der Waals surface area contributed by atoms with Gasteiger partial charge in [-0.15, -0.1) is 0 Å². The number of amides is 1. The van der Waals surface area contributed by atoms with E-state index in [4.69, 9.17) is 4.74 Å². The number of nitrogens with zero attached hydrogens (tertiary/aromatic N) is 1. The Balaban J connectivity index is 2.31. The van der Waals surface area contributed by atoms with Crippen LogP contribution in [0, 0.1) is 13.8 Å². The van der Waals surface area contributed by atoms with Crippen LogP contribution in [0.3, 0.4) is 0 Å². The number of anilines is 1. The lowest BCUT2D eigenvalue weighted by Crippen LogP contribution is -2.49. The van der Waals surface area contributed by atoms with Gasteiger partial charge in [-0.2, -0.15) is 0 Å². The van der Waals surface area contributed by atoms with Crippen LogP contribution in [0.1, 0.15) is 30.0 Å². The summed E-state index contributed by atoms with van der Waals surface area (Å²) < 4.78 is 31.6. The van der Waals surface area contributed by atoms with Gasteiger partial charge in [0.1, 0.15) is 11.8 Å². The highest BCUT2D eigenvalue weighted by molar-refractivity contribution is 7.92. The summed E-state index contributed by atoms with van der Waals surface area (Å²) in [5, 5.41) is 2.85. The summed E-state index contributed by atoms with van der Waals surface area (Å²) in [5.74, 6) is 0.322. The number of carbonyl (C=O) groups is 1. The largest absolute Gasteiger partial charge is 0.496 e. The molecule has 1 unspecified atom stereocenters. The lowest BCUT2D eigenvalue weighted by Gasteiger charge is -2.30. The van der Waals surface area contributed by atoms with Gasteiger partial charge in [-0.3, -0.25) is 9.10 Å². The third-order valence-electron chi connectivity index (χ3n) is 4.44. The first-order chi connectivity index (χ1) is 13.2. The lowest BCUT2D eigenvalue weighted by molar-refractivity contribution is -0.122. The molecule has 0 aromatic heterocycles. The monoisotopic (exact) mass is 404 g/mol. The van der Waals surface area contributed by atoms with Gasteiger partial charge < -0.3 is 10.1 Å². The second-order valence-corrected chi connectivity index (χ2v) is 8.72. The standard InChI is InChI=1S/C21H28N2O4S/c1-6-19(21(24)22-14-17-9-7-8-10-20(17)27-4)23(28(5,25)26)18-12-15(2)11-16(3)13-18/h7-13,19H,6,14H2,1-5H3,(H,22,24). The van der Waals surface area contributed by atoms with Crippen molar-refractivity contribution < 1.29 is 17.9 Å². The molecule has 0 bridgehead atoms. The molecule has 28 heavy (non-hydrogen) atoms. The molecule has 0 aliphatic rings. The van der Waals surface area contributed by atoms with E-state index in [0.29, 0.717) is 17.9 Å². The van der Waals surface area contributed by atoms with E-state index >= 15 is 0 Å². The van der Waals surface area contributed by atoms with Crippen molar-refractivity contribution in [2.45, 2.75) is 39.8 Å². The van der Waals surface area contributed by atoms with Gasteiger partial charge in [0.05, 0.1) is 19.1 Å². The zero-order valence-electron chi connectivity index (χ0n) is 17.0. The second kappa shape index (κ2) is 9.10. The van der Waals surface area contributed by atoms with Crippen LogP contribution in [-0.4, -0.2) is 33.7 Å². The molecule has 0 radical (unpaired) electrons. The summed E-state index contributed by atoms with van der Waals surface area (Å²) in [6.07, 6.45) is 1.47. The molecular formula is C21H28N2O4S. The van der Waals surface area contributed by atoms with Crippen molar-refractivity contribution in [3.63, 3.8) is 0 Å². The normalized spacial score (nSPS) is 12.3. The number of methoxy groups -OCH3 is 1. The highest BCUT2D eigenvalue weighted by Crippen LogP contribution is 2.25. The first-order valence-electron chi connectivity index (χ1n) is 9.14. The van der Waals surface area contributed by atoms with Gasteiger partial charge in [0.15, 0.2) is 0 Å². The number of sulfonamides is 1. The minimum atomic E-state index is -3.66. The van der Waals surface area contributed by atoms with E-state index in [-0.39, 0.29) is 12.5 Å². The number of para-hydroxylation sites is 1. The number of ether oxygens (including phenoxy) is 1. The summed E-state index contributed by atoms with van der Waals surface area (Å²) in [6.45, 7) is 5.86. The molecule has 0 spiro atoms. The van der Waals surface area contributed by atoms with Gasteiger partial charge in [-0.05, 0) is 49.6 Å². The topological polar surface area (TPSA) is 75.7 Å². The molecule has 1 amide bonds. The van der Waals surface area contributed by atoms with Crippen LogP contribution in [0.5, 0.6) is 5.75 Å². The van der Waals surface area contributed by atoms with Crippen molar-refractivity contribution in [1.29, 1.82) is 0 Å². The molecule has 0 heterocycles. The summed E-state index contributed by atoms with van der Waals surface area (Å²) in [7, 11) is -2.09. The number of hydrogen-bond donors (Lipinski definition) is 1. The molecule has 2 aromatic rings. The van der Waals surface area contributed by atoms with Crippen molar-refractivity contribution >= 4 is 21.6 Å². The van der Waals surface area contributed by atoms with Gasteiger partial charge in [-0.25, -0.2) is 8.42 Å². The number of aryl methyl sites for hydroxylation is 2. The van der Waals surface area contributed by atoms with E-state index in [0.717, 1.165) is 22.9 Å². The number of nitrogens with one attached hydrogen (secondary N) is 1. The second-order valence-electron chi connectivity index (χ2n) is 6.86. The van der Waals surface area contributed by atoms with Crippen LogP contribution in [0.2, 0.25) is 0 Å². The Morgan fingerprint density at radius 3 is 2.29 bits per heavy atom. The fourth-order valence-corrected chi connectivity index (χ4v) is 4.48. The van der Waals surface area contributed by atoms with Gasteiger partial charge >= 0.3 is 0 Å². The fourth-order valence-electron chi connectivity index (χ4n) is 3.29. The van der Waals surface area contributed by atoms with E-state index in [1.54, 1.807) is 26.2 Å². The summed E-state index contributed by atoms with van der Waals surface area (Å²) in [6, 6.07) is 12.1. The molecule has 0 saturated heterocycles. The fraction of sp³-hybridized carbons (Fsp3) is 0.381. The van der Waals surface area contributed by atoms with E-state index in [9.17, 15) is 13.2 Å². The van der Waals surface area contributed by atoms with Crippen LogP contribution in [0.4, 0.5) is 5.69 Å². The molecule has 1 atom stereocenters. The molecule has 0 fully saturated rings. The van der Waals surface area contributed by atoms with Gasteiger partial charge in [0, 0.05) is 12.1 Å². The third kappa shape index (κ3) is 5.25. The number of benzene rings is 2. The van der Waals surface area contributed by atoms with Crippen molar-refractivity contribution in [2.75, 3.05) is 17.7 Å². The Labute approximate surface area is 167 Å². The third-order valence-corrected chi connectivity index (χ3v) is 5.62. The maximum Gasteiger partial charge on any atom is 0.244 e. The Bertz CT molecular complexity index is 921. The number of hydrogen-bond acceptors (Lipinski definition) is 4. The van der Waals surface area contributed by atoms with Crippen LogP contribution in [0.25, 0.3) is 0 Å². The Hall–Kier alpha value is -2.54. The van der Waals surface area contributed by atoms with E-state index < -0.39 is 16.1 Å². The van der Waals surface area contributed by atoms with Gasteiger partial charge in [0.25, 0.3) is 0 Å². The van der Waals surface area contributed by atoms with Crippen LogP contribution in [0.15, 0.2) is 42.5 Å². The van der Waals surface area contributed by atoms with E-state index in [1.165, 1.54) is 4.31 Å². The molecule has 7 heteroatoms. The summed E-state index contributed by atoms with van der Waals surface area (Å²) in [5.41, 5.74) is 3.20. The first kappa shape index (κ1) is 21.8. The maximum absolute atomic E-state index is 12.9. The molecule has 1 N–H and O–H groups in total. The Morgan fingerprint density at radius 1 is 1.14 bits per heavy atom. The van der Waals surface area contributed by atoms with E-state index in [1.807, 2.05) is 44.2 Å². The highest BCUT2D eigenvalue weighted by Gasteiger charge is 2.31. The van der Waals surface area contributed by atoms with Crippen molar-refractivity contribution in [3.8, 4) is 5.75 Å². The number of carbonyl (C=O) groups excluding carboxylic acids is 1. The highest BCUT2D eigenvalue weighted by atomic mass is 32.2. The van der Waals surface area contributed by atoms with Crippen molar-refractivity contribution in [2.24, 2.45) is 0 Å².